The number of hydrogen-bond acceptors (Lipinski definition) is 5. The first-order valence-corrected chi connectivity index (χ1v) is 10.5. The van der Waals surface area contributed by atoms with E-state index in [1.54, 1.807) is 19.2 Å². The lowest BCUT2D eigenvalue weighted by Crippen LogP contribution is -2.34. The number of carbonyl (C=O) groups excluding carboxylic acids is 1. The molecule has 0 bridgehead atoms. The first-order valence-electron chi connectivity index (χ1n) is 8.05. The van der Waals surface area contributed by atoms with Crippen LogP contribution in [0.25, 0.3) is 11.3 Å². The van der Waals surface area contributed by atoms with E-state index < -0.39 is 0 Å². The van der Waals surface area contributed by atoms with Crippen LogP contribution in [0.4, 0.5) is 5.13 Å². The van der Waals surface area contributed by atoms with E-state index in [-0.39, 0.29) is 11.0 Å². The van der Waals surface area contributed by atoms with Gasteiger partial charge in [0.25, 0.3) is 5.91 Å². The predicted molar refractivity (Wildman–Crippen MR) is 122 cm³/mol. The fourth-order valence-corrected chi connectivity index (χ4v) is 4.23. The number of aromatic nitrogens is 1. The van der Waals surface area contributed by atoms with E-state index in [4.69, 9.17) is 28.6 Å². The van der Waals surface area contributed by atoms with Crippen LogP contribution in [0.5, 0.6) is 5.75 Å². The summed E-state index contributed by atoms with van der Waals surface area (Å²) in [7, 11) is 1.61. The van der Waals surface area contributed by atoms with E-state index in [9.17, 15) is 4.79 Å². The zero-order valence-electron chi connectivity index (χ0n) is 14.9. The third-order valence-electron chi connectivity index (χ3n) is 3.77. The molecule has 0 radical (unpaired) electrons. The van der Waals surface area contributed by atoms with Crippen LogP contribution in [0, 0.1) is 6.92 Å². The second-order valence-corrected chi connectivity index (χ2v) is 8.31. The molecule has 0 saturated carbocycles. The molecule has 144 valence electrons. The van der Waals surface area contributed by atoms with Gasteiger partial charge in [0.05, 0.1) is 27.9 Å². The molecule has 0 aliphatic carbocycles. The minimum atomic E-state index is -0.377. The van der Waals surface area contributed by atoms with Crippen molar-refractivity contribution in [3.05, 3.63) is 62.4 Å². The van der Waals surface area contributed by atoms with Gasteiger partial charge in [-0.2, -0.15) is 0 Å². The Hall–Kier alpha value is -2.00. The average molecular weight is 497 g/mol. The summed E-state index contributed by atoms with van der Waals surface area (Å²) in [4.78, 5) is 16.9. The lowest BCUT2D eigenvalue weighted by Gasteiger charge is -2.09. The Bertz CT molecular complexity index is 1060. The number of methoxy groups -OCH3 is 1. The van der Waals surface area contributed by atoms with Crippen LogP contribution in [-0.4, -0.2) is 23.1 Å². The Labute approximate surface area is 185 Å². The molecule has 2 N–H and O–H groups in total. The van der Waals surface area contributed by atoms with Gasteiger partial charge >= 0.3 is 0 Å². The van der Waals surface area contributed by atoms with Crippen molar-refractivity contribution in [3.63, 3.8) is 0 Å². The predicted octanol–water partition coefficient (Wildman–Crippen LogP) is 5.67. The SMILES string of the molecule is COc1ccc(-c2csc(NC(=S)NC(=O)c3ccc(C)cc3Cl)n2)cc1Br. The summed E-state index contributed by atoms with van der Waals surface area (Å²) in [5.74, 6) is 0.370. The summed E-state index contributed by atoms with van der Waals surface area (Å²) in [6.07, 6.45) is 0. The zero-order valence-corrected chi connectivity index (χ0v) is 18.9. The van der Waals surface area contributed by atoms with E-state index in [1.165, 1.54) is 11.3 Å². The summed E-state index contributed by atoms with van der Waals surface area (Å²) in [5, 5.41) is 8.55. The van der Waals surface area contributed by atoms with Crippen LogP contribution >= 0.6 is 51.1 Å². The number of anilines is 1. The van der Waals surface area contributed by atoms with Crippen LogP contribution < -0.4 is 15.4 Å². The summed E-state index contributed by atoms with van der Waals surface area (Å²) in [6.45, 7) is 1.90. The van der Waals surface area contributed by atoms with Crippen molar-refractivity contribution in [2.24, 2.45) is 0 Å². The molecular weight excluding hydrogens is 482 g/mol. The molecule has 0 aliphatic rings. The second kappa shape index (κ2) is 9.00. The van der Waals surface area contributed by atoms with Gasteiger partial charge in [-0.15, -0.1) is 11.3 Å². The molecular formula is C19H15BrClN3O2S2. The minimum absolute atomic E-state index is 0.151. The topological polar surface area (TPSA) is 63.2 Å². The van der Waals surface area contributed by atoms with E-state index in [0.717, 1.165) is 27.0 Å². The van der Waals surface area contributed by atoms with Gasteiger partial charge in [0.15, 0.2) is 10.2 Å². The number of hydrogen-bond donors (Lipinski definition) is 2. The van der Waals surface area contributed by atoms with Gasteiger partial charge in [-0.05, 0) is 71.0 Å². The van der Waals surface area contributed by atoms with Gasteiger partial charge in [0.2, 0.25) is 0 Å². The number of carbonyl (C=O) groups is 1. The van der Waals surface area contributed by atoms with E-state index in [0.29, 0.717) is 15.7 Å². The van der Waals surface area contributed by atoms with Crippen LogP contribution in [0.15, 0.2) is 46.3 Å². The number of thiazole rings is 1. The van der Waals surface area contributed by atoms with Crippen LogP contribution in [0.3, 0.4) is 0 Å². The van der Waals surface area contributed by atoms with Gasteiger partial charge in [-0.3, -0.25) is 10.1 Å². The Balaban J connectivity index is 1.67. The van der Waals surface area contributed by atoms with Crippen molar-refractivity contribution in [3.8, 4) is 17.0 Å². The fourth-order valence-electron chi connectivity index (χ4n) is 2.39. The summed E-state index contributed by atoms with van der Waals surface area (Å²) >= 11 is 16.2. The van der Waals surface area contributed by atoms with Crippen molar-refractivity contribution >= 4 is 67.2 Å². The Morgan fingerprint density at radius 3 is 2.75 bits per heavy atom. The van der Waals surface area contributed by atoms with E-state index >= 15 is 0 Å². The number of aryl methyl sites for hydroxylation is 1. The zero-order chi connectivity index (χ0) is 20.3. The van der Waals surface area contributed by atoms with Crippen LogP contribution in [-0.2, 0) is 0 Å². The normalized spacial score (nSPS) is 10.4. The number of nitrogens with one attached hydrogen (secondary N) is 2. The molecule has 2 aromatic carbocycles. The monoisotopic (exact) mass is 495 g/mol. The second-order valence-electron chi connectivity index (χ2n) is 5.78. The highest BCUT2D eigenvalue weighted by molar-refractivity contribution is 9.10. The van der Waals surface area contributed by atoms with Crippen molar-refractivity contribution in [2.45, 2.75) is 6.92 Å². The number of benzene rings is 2. The first kappa shape index (κ1) is 20.7. The van der Waals surface area contributed by atoms with Gasteiger partial charge in [-0.25, -0.2) is 4.98 Å². The lowest BCUT2D eigenvalue weighted by atomic mass is 10.1. The molecule has 0 saturated heterocycles. The number of ether oxygens (including phenoxy) is 1. The molecule has 0 unspecified atom stereocenters. The maximum absolute atomic E-state index is 12.3. The van der Waals surface area contributed by atoms with E-state index in [1.807, 2.05) is 36.6 Å². The Morgan fingerprint density at radius 2 is 2.07 bits per heavy atom. The number of amides is 1. The van der Waals surface area contributed by atoms with E-state index in [2.05, 4.69) is 31.5 Å². The molecule has 3 aromatic rings. The van der Waals surface area contributed by atoms with Gasteiger partial charge in [0.1, 0.15) is 5.75 Å². The third-order valence-corrected chi connectivity index (χ3v) is 5.66. The number of thiocarbonyl (C=S) groups is 1. The molecule has 0 aliphatic heterocycles. The van der Waals surface area contributed by atoms with Gasteiger partial charge < -0.3 is 10.1 Å². The van der Waals surface area contributed by atoms with Crippen molar-refractivity contribution in [1.29, 1.82) is 0 Å². The highest BCUT2D eigenvalue weighted by atomic mass is 79.9. The van der Waals surface area contributed by atoms with Crippen molar-refractivity contribution in [2.75, 3.05) is 12.4 Å². The molecule has 28 heavy (non-hydrogen) atoms. The maximum atomic E-state index is 12.3. The molecule has 0 fully saturated rings. The summed E-state index contributed by atoms with van der Waals surface area (Å²) in [6, 6.07) is 10.9. The number of nitrogens with zero attached hydrogens (tertiary/aromatic N) is 1. The highest BCUT2D eigenvalue weighted by Crippen LogP contribution is 2.32. The largest absolute Gasteiger partial charge is 0.496 e. The summed E-state index contributed by atoms with van der Waals surface area (Å²) in [5.41, 5.74) is 3.05. The third kappa shape index (κ3) is 4.88. The van der Waals surface area contributed by atoms with Crippen molar-refractivity contribution in [1.82, 2.24) is 10.3 Å². The molecule has 0 atom stereocenters. The van der Waals surface area contributed by atoms with Crippen molar-refractivity contribution < 1.29 is 9.53 Å². The number of halogens is 2. The summed E-state index contributed by atoms with van der Waals surface area (Å²) < 4.78 is 6.08. The number of rotatable bonds is 4. The smallest absolute Gasteiger partial charge is 0.258 e. The fraction of sp³-hybridized carbons (Fsp3) is 0.105. The molecule has 5 nitrogen and oxygen atoms in total. The standard InChI is InChI=1S/C19H15BrClN3O2S2/c1-10-3-5-12(14(21)7-10)17(25)23-18(27)24-19-22-15(9-28-19)11-4-6-16(26-2)13(20)8-11/h3-9H,1-2H3,(H2,22,23,24,25,27). The molecule has 0 spiro atoms. The first-order chi connectivity index (χ1) is 13.4. The lowest BCUT2D eigenvalue weighted by molar-refractivity contribution is 0.0978. The molecule has 1 amide bonds. The van der Waals surface area contributed by atoms with Gasteiger partial charge in [0, 0.05) is 10.9 Å². The van der Waals surface area contributed by atoms with Gasteiger partial charge in [-0.1, -0.05) is 17.7 Å². The highest BCUT2D eigenvalue weighted by Gasteiger charge is 2.13. The molecule has 3 rings (SSSR count). The average Bonchev–Trinajstić information content (AvgIpc) is 3.09. The Kier molecular flexibility index (Phi) is 6.66. The molecule has 1 heterocycles. The van der Waals surface area contributed by atoms with Crippen LogP contribution in [0.1, 0.15) is 15.9 Å². The maximum Gasteiger partial charge on any atom is 0.258 e. The van der Waals surface area contributed by atoms with Crippen LogP contribution in [0.2, 0.25) is 5.02 Å². The minimum Gasteiger partial charge on any atom is -0.496 e. The molecule has 1 aromatic heterocycles. The Morgan fingerprint density at radius 1 is 1.29 bits per heavy atom. The molecule has 9 heteroatoms. The quantitative estimate of drug-likeness (QED) is 0.456.